The predicted octanol–water partition coefficient (Wildman–Crippen LogP) is 15.8. The van der Waals surface area contributed by atoms with Crippen LogP contribution in [0.15, 0.2) is 233 Å². The van der Waals surface area contributed by atoms with Gasteiger partial charge >= 0.3 is 0 Å². The maximum atomic E-state index is 15.0. The number of fused-ring (bicyclic) bond motifs is 1. The number of nitrogens with zero attached hydrogens (tertiary/aromatic N) is 11. The molecule has 7 aromatic heterocycles. The molecule has 5 aliphatic rings. The van der Waals surface area contributed by atoms with Gasteiger partial charge in [0, 0.05) is 107 Å². The van der Waals surface area contributed by atoms with E-state index < -0.39 is 96.8 Å². The third-order valence-electron chi connectivity index (χ3n) is 24.8. The number of rotatable bonds is 24. The number of aromatic nitrogens is 7. The SMILES string of the molecule is CC1CN(c2ncc(-c3ccccc3OC(C)C)cc2C(=O)NS(=O)(=O)c2cccc(N)c2)C(C)(C)C1.CC1CN(c2ncccc2C(=O)NS(=O)(=O)c2cccc(Nc3cc(F)cc(F)c3)n2)C(C)(C)C1.C[C@@H]1CN(c2nc(O[C@@H]3CCOC3)c(F)cc2C(=O)NS(=O)(=O)c2cccc(N)n2)C(C)(C)C1.C[C@H]1CN(c2nc(-c3ccc4ccccc4c3)ccc2C(=O)NS(=O)(=O)c2cccnc2N)C(C)(C)C1. The summed E-state index contributed by atoms with van der Waals surface area (Å²) in [5, 5.41) is 4.00. The van der Waals surface area contributed by atoms with Crippen molar-refractivity contribution in [1.82, 2.24) is 53.8 Å². The van der Waals surface area contributed by atoms with Crippen molar-refractivity contribution < 1.29 is 80.2 Å². The lowest BCUT2D eigenvalue weighted by Crippen LogP contribution is -2.41. The molecule has 12 heterocycles. The largest absolute Gasteiger partial charge is 0.490 e. The van der Waals surface area contributed by atoms with Gasteiger partial charge in [0.25, 0.3) is 69.6 Å². The Bertz CT molecular complexity index is 7310. The molecule has 4 amide bonds. The molecule has 0 spiro atoms. The summed E-state index contributed by atoms with van der Waals surface area (Å²) in [6.07, 6.45) is 8.40. The number of amides is 4. The number of anilines is 9. The molecular weight excluding hydrogens is 1920 g/mol. The van der Waals surface area contributed by atoms with Crippen LogP contribution in [0.2, 0.25) is 0 Å². The van der Waals surface area contributed by atoms with Crippen LogP contribution < -0.4 is 70.5 Å². The molecular formula is C102H116F3N19O15S4. The molecule has 5 atom stereocenters. The molecule has 34 nitrogen and oxygen atoms in total. The van der Waals surface area contributed by atoms with Gasteiger partial charge in [0.15, 0.2) is 15.9 Å². The molecule has 11 N–H and O–H groups in total. The van der Waals surface area contributed by atoms with E-state index in [0.717, 1.165) is 65.8 Å². The number of hydrogen-bond donors (Lipinski definition) is 8. The zero-order valence-corrected chi connectivity index (χ0v) is 84.8. The average molecular weight is 2030 g/mol. The van der Waals surface area contributed by atoms with Gasteiger partial charge in [-0.25, -0.2) is 78.8 Å². The highest BCUT2D eigenvalue weighted by molar-refractivity contribution is 7.91. The summed E-state index contributed by atoms with van der Waals surface area (Å²) in [5.41, 5.74) is 19.6. The van der Waals surface area contributed by atoms with Gasteiger partial charge < -0.3 is 56.3 Å². The van der Waals surface area contributed by atoms with Crippen molar-refractivity contribution in [2.24, 2.45) is 23.7 Å². The van der Waals surface area contributed by atoms with Crippen molar-refractivity contribution in [3.8, 4) is 34.0 Å². The van der Waals surface area contributed by atoms with Gasteiger partial charge in [-0.15, -0.1) is 0 Å². The molecule has 0 saturated carbocycles. The van der Waals surface area contributed by atoms with E-state index in [2.05, 4.69) is 136 Å². The summed E-state index contributed by atoms with van der Waals surface area (Å²) < 4.78 is 171. The number of nitrogens with two attached hydrogens (primary N) is 3. The number of hydrogen-bond acceptors (Lipinski definition) is 30. The van der Waals surface area contributed by atoms with Crippen LogP contribution in [0.25, 0.3) is 33.2 Å². The van der Waals surface area contributed by atoms with E-state index in [-0.39, 0.29) is 107 Å². The van der Waals surface area contributed by atoms with E-state index in [0.29, 0.717) is 104 Å². The molecule has 5 saturated heterocycles. The van der Waals surface area contributed by atoms with E-state index in [1.54, 1.807) is 42.7 Å². The Morgan fingerprint density at radius 2 is 0.972 bits per heavy atom. The van der Waals surface area contributed by atoms with Gasteiger partial charge in [-0.1, -0.05) is 100 Å². The zero-order valence-electron chi connectivity index (χ0n) is 81.5. The minimum atomic E-state index is -4.36. The molecule has 5 aliphatic heterocycles. The second-order valence-electron chi connectivity index (χ2n) is 39.2. The maximum absolute atomic E-state index is 15.0. The number of benzene rings is 5. The summed E-state index contributed by atoms with van der Waals surface area (Å²) in [7, 11) is -17.1. The molecule has 12 aromatic rings. The lowest BCUT2D eigenvalue weighted by molar-refractivity contribution is 0.0971. The first kappa shape index (κ1) is 105. The van der Waals surface area contributed by atoms with Crippen molar-refractivity contribution in [3.63, 3.8) is 0 Å². The minimum Gasteiger partial charge on any atom is -0.490 e. The minimum absolute atomic E-state index is 0.0195. The Morgan fingerprint density at radius 3 is 1.54 bits per heavy atom. The van der Waals surface area contributed by atoms with E-state index >= 15 is 4.39 Å². The number of nitrogens with one attached hydrogen (secondary N) is 5. The van der Waals surface area contributed by atoms with Gasteiger partial charge in [0.2, 0.25) is 0 Å². The molecule has 0 aliphatic carbocycles. The smallest absolute Gasteiger partial charge is 0.281 e. The molecule has 17 rings (SSSR count). The second-order valence-corrected chi connectivity index (χ2v) is 45.8. The first-order chi connectivity index (χ1) is 67.3. The number of pyridine rings is 7. The monoisotopic (exact) mass is 2030 g/mol. The predicted molar refractivity (Wildman–Crippen MR) is 542 cm³/mol. The second kappa shape index (κ2) is 42.2. The number of sulfonamides is 4. The number of para-hydroxylation sites is 1. The average Bonchev–Trinajstić information content (AvgIpc) is 1.69. The topological polar surface area (TPSA) is 474 Å². The van der Waals surface area contributed by atoms with Gasteiger partial charge in [0.05, 0.1) is 52.2 Å². The summed E-state index contributed by atoms with van der Waals surface area (Å²) in [6, 6.07) is 50.3. The van der Waals surface area contributed by atoms with Crippen molar-refractivity contribution >= 4 is 127 Å². The number of halogens is 3. The van der Waals surface area contributed by atoms with Crippen LogP contribution in [0.4, 0.5) is 65.3 Å². The molecule has 5 aromatic carbocycles. The van der Waals surface area contributed by atoms with Crippen LogP contribution in [0.1, 0.15) is 170 Å². The van der Waals surface area contributed by atoms with Crippen molar-refractivity contribution in [2.45, 2.75) is 183 Å². The van der Waals surface area contributed by atoms with Crippen LogP contribution in [0, 0.1) is 41.1 Å². The van der Waals surface area contributed by atoms with E-state index in [1.165, 1.54) is 79.0 Å². The molecule has 754 valence electrons. The molecule has 0 radical (unpaired) electrons. The number of ether oxygens (including phenoxy) is 3. The number of carbonyl (C=O) groups is 4. The molecule has 5 fully saturated rings. The van der Waals surface area contributed by atoms with E-state index in [4.69, 9.17) is 41.4 Å². The Labute approximate surface area is 830 Å². The fourth-order valence-corrected chi connectivity index (χ4v) is 22.9. The first-order valence-electron chi connectivity index (χ1n) is 46.4. The van der Waals surface area contributed by atoms with Crippen molar-refractivity contribution in [2.75, 3.05) is 81.5 Å². The standard InChI is InChI=1S/C28H29N5O3S.C28H34N4O4S.C24H25F2N5O3S.C22H28FN5O5S/c1-18-16-28(2,3)33(17-18)26-22(27(34)32-37(35,36)24-9-6-14-30-25(24)29)12-13-23(31-26)21-11-10-19-7-4-5-8-20(19)15-21;1-18(2)36-25-12-7-6-11-23(25)20-13-24(26(30-16-20)32-17-19(3)15-28(32,4)5)27(33)31-37(34,35)22-10-8-9-21(29)14-22;1-15-13-24(2,3)31(14-15)22-19(6-5-9-27-22)23(32)30-35(33,34)21-8-4-7-20(29-21)28-18-11-16(25)10-17(26)12-18;1-13-10-22(2,3)28(11-13)19-15(9-16(23)21(26-19)33-14-7-8-32-12-14)20(29)27-34(30,31)18-6-4-5-17(24)25-18/h4-15,18H,16-17H2,1-3H3,(H2,29,30)(H,32,34);6-14,16,18-19H,15,17,29H2,1-5H3,(H,31,33);4-12,15H,13-14H2,1-3H3,(H,28,29)(H,30,32);4-6,9,13-14H,7-8,10-12H2,1-3H3,(H2,24,25)(H,27,29)/t18-;;;13-,14+/m1..0/s1. The Morgan fingerprint density at radius 1 is 0.462 bits per heavy atom. The number of nitrogen functional groups attached to an aromatic ring is 3. The fraction of sp³-hybridized carbons (Fsp3) is 0.343. The summed E-state index contributed by atoms with van der Waals surface area (Å²) in [5.74, 6) is -2.74. The third kappa shape index (κ3) is 24.8. The lowest BCUT2D eigenvalue weighted by atomic mass is 9.97. The Balaban J connectivity index is 0.000000151. The molecule has 2 unspecified atom stereocenters. The zero-order chi connectivity index (χ0) is 103. The maximum Gasteiger partial charge on any atom is 0.281 e. The van der Waals surface area contributed by atoms with Gasteiger partial charge in [0.1, 0.15) is 69.1 Å². The van der Waals surface area contributed by atoms with Crippen LogP contribution in [0.5, 0.6) is 11.6 Å². The highest BCUT2D eigenvalue weighted by Gasteiger charge is 2.45. The Hall–Kier alpha value is -14.2. The molecule has 41 heteroatoms. The molecule has 143 heavy (non-hydrogen) atoms. The lowest BCUT2D eigenvalue weighted by Gasteiger charge is -2.34. The first-order valence-corrected chi connectivity index (χ1v) is 52.3. The van der Waals surface area contributed by atoms with E-state index in [9.17, 15) is 61.6 Å². The van der Waals surface area contributed by atoms with Crippen LogP contribution >= 0.6 is 0 Å². The summed E-state index contributed by atoms with van der Waals surface area (Å²) in [4.78, 5) is 91.0. The third-order valence-corrected chi connectivity index (χ3v) is 30.0. The van der Waals surface area contributed by atoms with Gasteiger partial charge in [-0.2, -0.15) is 21.8 Å². The van der Waals surface area contributed by atoms with Gasteiger partial charge in [-0.3, -0.25) is 19.2 Å². The van der Waals surface area contributed by atoms with Crippen LogP contribution in [0.3, 0.4) is 0 Å². The van der Waals surface area contributed by atoms with Crippen molar-refractivity contribution in [3.05, 3.63) is 252 Å². The van der Waals surface area contributed by atoms with Crippen LogP contribution in [-0.4, -0.2) is 166 Å². The van der Waals surface area contributed by atoms with Crippen molar-refractivity contribution in [1.29, 1.82) is 0 Å². The fourth-order valence-electron chi connectivity index (χ4n) is 18.9. The highest BCUT2D eigenvalue weighted by atomic mass is 32.2. The molecule has 0 bridgehead atoms. The highest BCUT2D eigenvalue weighted by Crippen LogP contribution is 2.45. The van der Waals surface area contributed by atoms with Gasteiger partial charge in [-0.05, 0) is 245 Å². The van der Waals surface area contributed by atoms with E-state index in [1.807, 2.05) is 96.8 Å². The summed E-state index contributed by atoms with van der Waals surface area (Å²) >= 11 is 0. The quantitative estimate of drug-likeness (QED) is 0.0260. The Kier molecular flexibility index (Phi) is 30.9. The van der Waals surface area contributed by atoms with Crippen LogP contribution in [-0.2, 0) is 44.8 Å². The summed E-state index contributed by atoms with van der Waals surface area (Å²) in [6.45, 7) is 32.3. The normalized spacial score (nSPS) is 18.3. The number of carbonyl (C=O) groups excluding carboxylic acids is 4.